The summed E-state index contributed by atoms with van der Waals surface area (Å²) >= 11 is 0. The number of aliphatic hydroxyl groups excluding tert-OH is 1. The Balaban J connectivity index is 2.66. The lowest BCUT2D eigenvalue weighted by atomic mass is 9.66. The Kier molecular flexibility index (Phi) is 4.54. The zero-order chi connectivity index (χ0) is 12.2. The van der Waals surface area contributed by atoms with E-state index in [-0.39, 0.29) is 18.0 Å². The van der Waals surface area contributed by atoms with Gasteiger partial charge in [0.1, 0.15) is 0 Å². The molecule has 0 amide bonds. The Bertz CT molecular complexity index is 283. The van der Waals surface area contributed by atoms with Crippen LogP contribution in [0.4, 0.5) is 0 Å². The number of carbonyl (C=O) groups is 1. The maximum absolute atomic E-state index is 11.2. The molecule has 0 saturated carbocycles. The van der Waals surface area contributed by atoms with E-state index in [0.717, 1.165) is 12.8 Å². The predicted octanol–water partition coefficient (Wildman–Crippen LogP) is 2.29. The second-order valence-electron chi connectivity index (χ2n) is 4.96. The molecule has 0 aromatic heterocycles. The highest BCUT2D eigenvalue weighted by Crippen LogP contribution is 2.43. The molecular formula is C13H22O3. The van der Waals surface area contributed by atoms with Crippen molar-refractivity contribution in [2.75, 3.05) is 13.7 Å². The third kappa shape index (κ3) is 2.85. The SMILES string of the molecule is COC(=O)CCC1(CO)CC=C(C)CC1C. The summed E-state index contributed by atoms with van der Waals surface area (Å²) in [5.74, 6) is 0.235. The average molecular weight is 226 g/mol. The zero-order valence-corrected chi connectivity index (χ0v) is 10.5. The van der Waals surface area contributed by atoms with Gasteiger partial charge in [0.25, 0.3) is 0 Å². The highest BCUT2D eigenvalue weighted by Gasteiger charge is 2.37. The van der Waals surface area contributed by atoms with Crippen LogP contribution < -0.4 is 0 Å². The van der Waals surface area contributed by atoms with Gasteiger partial charge in [-0.1, -0.05) is 18.6 Å². The van der Waals surface area contributed by atoms with Crippen LogP contribution in [-0.4, -0.2) is 24.8 Å². The minimum absolute atomic E-state index is 0.131. The number of ether oxygens (including phenoxy) is 1. The first kappa shape index (κ1) is 13.2. The molecule has 0 spiro atoms. The van der Waals surface area contributed by atoms with E-state index in [4.69, 9.17) is 0 Å². The molecule has 2 unspecified atom stereocenters. The van der Waals surface area contributed by atoms with Crippen molar-refractivity contribution >= 4 is 5.97 Å². The van der Waals surface area contributed by atoms with Crippen LogP contribution in [0.25, 0.3) is 0 Å². The van der Waals surface area contributed by atoms with Crippen molar-refractivity contribution in [3.8, 4) is 0 Å². The number of hydrogen-bond acceptors (Lipinski definition) is 3. The molecule has 0 aromatic carbocycles. The van der Waals surface area contributed by atoms with Gasteiger partial charge in [-0.2, -0.15) is 0 Å². The Hall–Kier alpha value is -0.830. The Morgan fingerprint density at radius 2 is 2.38 bits per heavy atom. The molecule has 1 aliphatic carbocycles. The lowest BCUT2D eigenvalue weighted by Crippen LogP contribution is -2.35. The minimum atomic E-state index is -0.189. The molecule has 0 heterocycles. The van der Waals surface area contributed by atoms with E-state index in [9.17, 15) is 9.90 Å². The first-order valence-corrected chi connectivity index (χ1v) is 5.87. The number of allylic oxidation sites excluding steroid dienone is 2. The molecule has 1 aliphatic rings. The van der Waals surface area contributed by atoms with Crippen LogP contribution in [0.1, 0.15) is 39.5 Å². The van der Waals surface area contributed by atoms with Gasteiger partial charge in [0.15, 0.2) is 0 Å². The van der Waals surface area contributed by atoms with Crippen LogP contribution in [0.15, 0.2) is 11.6 Å². The largest absolute Gasteiger partial charge is 0.469 e. The van der Waals surface area contributed by atoms with E-state index in [1.54, 1.807) is 0 Å². The van der Waals surface area contributed by atoms with E-state index >= 15 is 0 Å². The minimum Gasteiger partial charge on any atom is -0.469 e. The maximum Gasteiger partial charge on any atom is 0.305 e. The molecule has 0 bridgehead atoms. The van der Waals surface area contributed by atoms with Gasteiger partial charge in [-0.3, -0.25) is 4.79 Å². The molecule has 0 saturated heterocycles. The van der Waals surface area contributed by atoms with Crippen molar-refractivity contribution in [1.82, 2.24) is 0 Å². The Morgan fingerprint density at radius 1 is 1.69 bits per heavy atom. The third-order valence-electron chi connectivity index (χ3n) is 3.90. The number of carbonyl (C=O) groups excluding carboxylic acids is 1. The first-order chi connectivity index (χ1) is 7.54. The first-order valence-electron chi connectivity index (χ1n) is 5.87. The molecule has 3 nitrogen and oxygen atoms in total. The second-order valence-corrected chi connectivity index (χ2v) is 4.96. The third-order valence-corrected chi connectivity index (χ3v) is 3.90. The van der Waals surface area contributed by atoms with Crippen LogP contribution in [0.2, 0.25) is 0 Å². The molecule has 3 heteroatoms. The van der Waals surface area contributed by atoms with E-state index in [1.807, 2.05) is 0 Å². The summed E-state index contributed by atoms with van der Waals surface area (Å²) in [5.41, 5.74) is 1.25. The van der Waals surface area contributed by atoms with Crippen LogP contribution >= 0.6 is 0 Å². The summed E-state index contributed by atoms with van der Waals surface area (Å²) in [7, 11) is 1.41. The van der Waals surface area contributed by atoms with Crippen molar-refractivity contribution in [2.45, 2.75) is 39.5 Å². The van der Waals surface area contributed by atoms with E-state index < -0.39 is 0 Å². The summed E-state index contributed by atoms with van der Waals surface area (Å²) in [6, 6.07) is 0. The van der Waals surface area contributed by atoms with Crippen molar-refractivity contribution < 1.29 is 14.6 Å². The molecule has 0 radical (unpaired) electrons. The predicted molar refractivity (Wildman–Crippen MR) is 62.9 cm³/mol. The second kappa shape index (κ2) is 5.48. The van der Waals surface area contributed by atoms with Gasteiger partial charge in [-0.25, -0.2) is 0 Å². The molecule has 2 atom stereocenters. The smallest absolute Gasteiger partial charge is 0.305 e. The average Bonchev–Trinajstić information content (AvgIpc) is 2.28. The van der Waals surface area contributed by atoms with Gasteiger partial charge in [-0.05, 0) is 32.1 Å². The molecule has 1 rings (SSSR count). The van der Waals surface area contributed by atoms with E-state index in [1.165, 1.54) is 12.7 Å². The van der Waals surface area contributed by atoms with E-state index in [0.29, 0.717) is 18.8 Å². The lowest BCUT2D eigenvalue weighted by Gasteiger charge is -2.40. The Labute approximate surface area is 97.5 Å². The summed E-state index contributed by atoms with van der Waals surface area (Å²) in [5, 5.41) is 9.60. The van der Waals surface area contributed by atoms with Gasteiger partial charge >= 0.3 is 5.97 Å². The highest BCUT2D eigenvalue weighted by atomic mass is 16.5. The maximum atomic E-state index is 11.2. The van der Waals surface area contributed by atoms with Crippen LogP contribution in [0, 0.1) is 11.3 Å². The Morgan fingerprint density at radius 3 is 2.88 bits per heavy atom. The number of hydrogen-bond donors (Lipinski definition) is 1. The molecule has 16 heavy (non-hydrogen) atoms. The monoisotopic (exact) mass is 226 g/mol. The molecule has 92 valence electrons. The van der Waals surface area contributed by atoms with Crippen molar-refractivity contribution in [3.05, 3.63) is 11.6 Å². The van der Waals surface area contributed by atoms with Crippen molar-refractivity contribution in [2.24, 2.45) is 11.3 Å². The van der Waals surface area contributed by atoms with Gasteiger partial charge in [0, 0.05) is 18.4 Å². The molecular weight excluding hydrogens is 204 g/mol. The number of rotatable bonds is 4. The summed E-state index contributed by atoms with van der Waals surface area (Å²) in [6.45, 7) is 4.43. The van der Waals surface area contributed by atoms with Gasteiger partial charge in [0.2, 0.25) is 0 Å². The highest BCUT2D eigenvalue weighted by molar-refractivity contribution is 5.69. The molecule has 0 fully saturated rings. The molecule has 1 N–H and O–H groups in total. The quantitative estimate of drug-likeness (QED) is 0.591. The summed E-state index contributed by atoms with van der Waals surface area (Å²) < 4.78 is 4.65. The number of aliphatic hydroxyl groups is 1. The van der Waals surface area contributed by atoms with Crippen LogP contribution in [-0.2, 0) is 9.53 Å². The standard InChI is InChI=1S/C13H22O3/c1-10-4-6-13(9-14,11(2)8-10)7-5-12(15)16-3/h4,11,14H,5-9H2,1-3H3. The molecule has 0 aromatic rings. The van der Waals surface area contributed by atoms with Gasteiger partial charge < -0.3 is 9.84 Å². The number of esters is 1. The molecule has 0 aliphatic heterocycles. The van der Waals surface area contributed by atoms with Crippen molar-refractivity contribution in [1.29, 1.82) is 0 Å². The summed E-state index contributed by atoms with van der Waals surface area (Å²) in [6.07, 6.45) is 5.18. The van der Waals surface area contributed by atoms with E-state index in [2.05, 4.69) is 24.7 Å². The normalized spacial score (nSPS) is 29.8. The lowest BCUT2D eigenvalue weighted by molar-refractivity contribution is -0.141. The topological polar surface area (TPSA) is 46.5 Å². The van der Waals surface area contributed by atoms with Gasteiger partial charge in [-0.15, -0.1) is 0 Å². The summed E-state index contributed by atoms with van der Waals surface area (Å²) in [4.78, 5) is 11.2. The number of methoxy groups -OCH3 is 1. The van der Waals surface area contributed by atoms with Crippen molar-refractivity contribution in [3.63, 3.8) is 0 Å². The van der Waals surface area contributed by atoms with Gasteiger partial charge in [0.05, 0.1) is 7.11 Å². The fraction of sp³-hybridized carbons (Fsp3) is 0.769. The fourth-order valence-electron chi connectivity index (χ4n) is 2.46. The van der Waals surface area contributed by atoms with Crippen LogP contribution in [0.5, 0.6) is 0 Å². The van der Waals surface area contributed by atoms with Crippen LogP contribution in [0.3, 0.4) is 0 Å². The zero-order valence-electron chi connectivity index (χ0n) is 10.5. The fourth-order valence-corrected chi connectivity index (χ4v) is 2.46.